The number of hydrogen-bond donors (Lipinski definition) is 5. The molecule has 6 heteroatoms. The van der Waals surface area contributed by atoms with Gasteiger partial charge in [0.25, 0.3) is 5.79 Å². The molecule has 0 radical (unpaired) electrons. The highest BCUT2D eigenvalue weighted by Gasteiger charge is 2.41. The van der Waals surface area contributed by atoms with Gasteiger partial charge in [0, 0.05) is 17.7 Å². The first-order valence-electron chi connectivity index (χ1n) is 6.08. The summed E-state index contributed by atoms with van der Waals surface area (Å²) in [5.41, 5.74) is 0.330. The van der Waals surface area contributed by atoms with Crippen molar-refractivity contribution in [3.63, 3.8) is 0 Å². The van der Waals surface area contributed by atoms with E-state index in [1.807, 2.05) is 0 Å². The molecule has 0 amide bonds. The summed E-state index contributed by atoms with van der Waals surface area (Å²) < 4.78 is 5.35. The third kappa shape index (κ3) is 2.02. The van der Waals surface area contributed by atoms with Gasteiger partial charge in [0.15, 0.2) is 5.76 Å². The first-order chi connectivity index (χ1) is 9.90. The van der Waals surface area contributed by atoms with E-state index in [0.29, 0.717) is 0 Å². The molecular formula is C15H12O6. The number of phenols is 3. The van der Waals surface area contributed by atoms with Crippen molar-refractivity contribution in [3.8, 4) is 23.0 Å². The second kappa shape index (κ2) is 4.32. The van der Waals surface area contributed by atoms with Gasteiger partial charge in [-0.25, -0.2) is 0 Å². The first-order valence-corrected chi connectivity index (χ1v) is 6.08. The molecule has 0 aromatic heterocycles. The van der Waals surface area contributed by atoms with Crippen LogP contribution in [0.5, 0.6) is 23.0 Å². The minimum atomic E-state index is -2.17. The van der Waals surface area contributed by atoms with Crippen molar-refractivity contribution in [2.75, 3.05) is 0 Å². The lowest BCUT2D eigenvalue weighted by atomic mass is 9.98. The number of aliphatic hydroxyl groups excluding tert-OH is 1. The monoisotopic (exact) mass is 288 g/mol. The van der Waals surface area contributed by atoms with Gasteiger partial charge in [-0.1, -0.05) is 0 Å². The lowest BCUT2D eigenvalue weighted by molar-refractivity contribution is -0.139. The van der Waals surface area contributed by atoms with Gasteiger partial charge in [-0.2, -0.15) is 0 Å². The third-order valence-corrected chi connectivity index (χ3v) is 3.25. The van der Waals surface area contributed by atoms with Gasteiger partial charge in [0.05, 0.1) is 5.56 Å². The highest BCUT2D eigenvalue weighted by molar-refractivity contribution is 5.70. The minimum Gasteiger partial charge on any atom is -0.508 e. The van der Waals surface area contributed by atoms with E-state index in [4.69, 9.17) is 4.74 Å². The molecule has 1 heterocycles. The topological polar surface area (TPSA) is 110 Å². The zero-order chi connectivity index (χ0) is 15.2. The molecule has 21 heavy (non-hydrogen) atoms. The Balaban J connectivity index is 2.13. The van der Waals surface area contributed by atoms with Crippen LogP contribution >= 0.6 is 0 Å². The van der Waals surface area contributed by atoms with Crippen LogP contribution in [0.25, 0.3) is 6.08 Å². The van der Waals surface area contributed by atoms with Gasteiger partial charge >= 0.3 is 0 Å². The number of hydrogen-bond acceptors (Lipinski definition) is 6. The second-order valence-electron chi connectivity index (χ2n) is 4.70. The van der Waals surface area contributed by atoms with Crippen LogP contribution in [0, 0.1) is 0 Å². The molecule has 0 saturated heterocycles. The Morgan fingerprint density at radius 2 is 1.52 bits per heavy atom. The number of phenolic OH excluding ortho intramolecular Hbond substituents is 3. The number of ether oxygens (including phenoxy) is 1. The molecule has 1 aliphatic rings. The Labute approximate surface area is 119 Å². The maximum absolute atomic E-state index is 10.5. The quantitative estimate of drug-likeness (QED) is 0.548. The maximum atomic E-state index is 10.5. The largest absolute Gasteiger partial charge is 0.508 e. The molecule has 1 unspecified atom stereocenters. The summed E-state index contributed by atoms with van der Waals surface area (Å²) in [6, 6.07) is 7.74. The summed E-state index contributed by atoms with van der Waals surface area (Å²) in [6.45, 7) is 0. The van der Waals surface area contributed by atoms with Crippen molar-refractivity contribution >= 4 is 6.08 Å². The van der Waals surface area contributed by atoms with Gasteiger partial charge < -0.3 is 30.3 Å². The van der Waals surface area contributed by atoms with Gasteiger partial charge in [0.1, 0.15) is 23.0 Å². The van der Waals surface area contributed by atoms with Crippen LogP contribution in [0.4, 0.5) is 0 Å². The number of benzene rings is 2. The van der Waals surface area contributed by atoms with Crippen molar-refractivity contribution in [2.24, 2.45) is 0 Å². The summed E-state index contributed by atoms with van der Waals surface area (Å²) in [7, 11) is 0. The van der Waals surface area contributed by atoms with Gasteiger partial charge in [-0.3, -0.25) is 0 Å². The SMILES string of the molecule is OC1=Cc2c(O)cc(O)cc2OC1(O)c1ccc(O)cc1. The molecule has 0 aliphatic carbocycles. The molecule has 2 aromatic carbocycles. The predicted octanol–water partition coefficient (Wildman–Crippen LogP) is 1.94. The summed E-state index contributed by atoms with van der Waals surface area (Å²) in [5.74, 6) is -3.21. The Morgan fingerprint density at radius 3 is 2.19 bits per heavy atom. The van der Waals surface area contributed by atoms with Crippen LogP contribution in [0.2, 0.25) is 0 Å². The summed E-state index contributed by atoms with van der Waals surface area (Å²) >= 11 is 0. The Morgan fingerprint density at radius 1 is 0.857 bits per heavy atom. The standard InChI is InChI=1S/C15H12O6/c16-9-3-1-8(2-4-9)15(20)14(19)7-11-12(18)5-10(17)6-13(11)21-15/h1-7,16-20H. The minimum absolute atomic E-state index is 0.00248. The van der Waals surface area contributed by atoms with Crippen LogP contribution in [-0.4, -0.2) is 25.5 Å². The highest BCUT2D eigenvalue weighted by atomic mass is 16.6. The van der Waals surface area contributed by atoms with Crippen LogP contribution < -0.4 is 4.74 Å². The molecule has 0 spiro atoms. The summed E-state index contributed by atoms with van der Waals surface area (Å²) in [4.78, 5) is 0. The molecule has 108 valence electrons. The number of rotatable bonds is 1. The molecule has 2 aromatic rings. The Kier molecular flexibility index (Phi) is 2.70. The lowest BCUT2D eigenvalue weighted by Crippen LogP contribution is -2.37. The maximum Gasteiger partial charge on any atom is 0.293 e. The fraction of sp³-hybridized carbons (Fsp3) is 0.0667. The van der Waals surface area contributed by atoms with E-state index >= 15 is 0 Å². The van der Waals surface area contributed by atoms with E-state index in [1.54, 1.807) is 0 Å². The van der Waals surface area contributed by atoms with Crippen LogP contribution in [0.15, 0.2) is 42.2 Å². The number of aliphatic hydroxyl groups is 2. The molecule has 0 fully saturated rings. The smallest absolute Gasteiger partial charge is 0.293 e. The Bertz CT molecular complexity index is 735. The number of aromatic hydroxyl groups is 3. The van der Waals surface area contributed by atoms with Crippen molar-refractivity contribution in [3.05, 3.63) is 53.3 Å². The predicted molar refractivity (Wildman–Crippen MR) is 73.0 cm³/mol. The van der Waals surface area contributed by atoms with E-state index < -0.39 is 11.5 Å². The average Bonchev–Trinajstić information content (AvgIpc) is 2.42. The van der Waals surface area contributed by atoms with Crippen molar-refractivity contribution < 1.29 is 30.3 Å². The van der Waals surface area contributed by atoms with Gasteiger partial charge in [-0.15, -0.1) is 0 Å². The fourth-order valence-corrected chi connectivity index (χ4v) is 2.17. The number of fused-ring (bicyclic) bond motifs is 1. The van der Waals surface area contributed by atoms with E-state index in [9.17, 15) is 25.5 Å². The van der Waals surface area contributed by atoms with E-state index in [2.05, 4.69) is 0 Å². The molecule has 0 saturated carbocycles. The first kappa shape index (κ1) is 13.1. The van der Waals surface area contributed by atoms with Gasteiger partial charge in [0.2, 0.25) is 0 Å². The molecule has 6 nitrogen and oxygen atoms in total. The third-order valence-electron chi connectivity index (χ3n) is 3.25. The summed E-state index contributed by atoms with van der Waals surface area (Å²) in [5, 5.41) is 49.1. The van der Waals surface area contributed by atoms with Crippen LogP contribution in [-0.2, 0) is 5.79 Å². The molecule has 1 atom stereocenters. The summed E-state index contributed by atoms with van der Waals surface area (Å²) in [6.07, 6.45) is 1.15. The normalized spacial score (nSPS) is 20.3. The molecule has 0 bridgehead atoms. The van der Waals surface area contributed by atoms with Crippen molar-refractivity contribution in [1.29, 1.82) is 0 Å². The van der Waals surface area contributed by atoms with Gasteiger partial charge in [-0.05, 0) is 30.3 Å². The molecular weight excluding hydrogens is 276 g/mol. The second-order valence-corrected chi connectivity index (χ2v) is 4.70. The van der Waals surface area contributed by atoms with E-state index in [-0.39, 0.29) is 34.1 Å². The van der Waals surface area contributed by atoms with E-state index in [1.165, 1.54) is 30.3 Å². The highest BCUT2D eigenvalue weighted by Crippen LogP contribution is 2.44. The van der Waals surface area contributed by atoms with Crippen LogP contribution in [0.1, 0.15) is 11.1 Å². The zero-order valence-corrected chi connectivity index (χ0v) is 10.7. The Hall–Kier alpha value is -2.86. The fourth-order valence-electron chi connectivity index (χ4n) is 2.17. The lowest BCUT2D eigenvalue weighted by Gasteiger charge is -2.32. The molecule has 1 aliphatic heterocycles. The van der Waals surface area contributed by atoms with Crippen molar-refractivity contribution in [2.45, 2.75) is 5.79 Å². The zero-order valence-electron chi connectivity index (χ0n) is 10.7. The van der Waals surface area contributed by atoms with Crippen LogP contribution in [0.3, 0.4) is 0 Å². The molecule has 3 rings (SSSR count). The molecule has 5 N–H and O–H groups in total. The average molecular weight is 288 g/mol. The van der Waals surface area contributed by atoms with Crippen molar-refractivity contribution in [1.82, 2.24) is 0 Å². The van der Waals surface area contributed by atoms with E-state index in [0.717, 1.165) is 12.1 Å².